The topological polar surface area (TPSA) is 108 Å². The lowest BCUT2D eigenvalue weighted by Gasteiger charge is -2.37. The fourth-order valence-corrected chi connectivity index (χ4v) is 4.00. The Bertz CT molecular complexity index is 1040. The number of rotatable bonds is 5. The van der Waals surface area contributed by atoms with E-state index in [4.69, 9.17) is 4.74 Å². The van der Waals surface area contributed by atoms with Crippen LogP contribution in [0.4, 0.5) is 5.69 Å². The molecule has 1 atom stereocenters. The van der Waals surface area contributed by atoms with Crippen molar-refractivity contribution in [3.8, 4) is 0 Å². The first-order valence-electron chi connectivity index (χ1n) is 8.24. The first-order valence-corrected chi connectivity index (χ1v) is 9.18. The number of nitro groups is 1. The van der Waals surface area contributed by atoms with E-state index in [-0.39, 0.29) is 29.3 Å². The van der Waals surface area contributed by atoms with E-state index in [1.807, 2.05) is 0 Å². The van der Waals surface area contributed by atoms with Gasteiger partial charge in [-0.05, 0) is 23.8 Å². The van der Waals surface area contributed by atoms with E-state index in [0.717, 1.165) is 5.56 Å². The molecular weight excluding hydrogens is 384 g/mol. The zero-order chi connectivity index (χ0) is 19.8. The highest BCUT2D eigenvalue weighted by atomic mass is 32.2. The largest absolute Gasteiger partial charge is 0.456 e. The van der Waals surface area contributed by atoms with Crippen LogP contribution in [0.3, 0.4) is 0 Å². The molecule has 142 valence electrons. The number of β-lactam (4-membered cyclic amide) rings is 1. The second kappa shape index (κ2) is 6.97. The smallest absolute Gasteiger partial charge is 0.355 e. The number of hydrogen-bond acceptors (Lipinski definition) is 7. The van der Waals surface area contributed by atoms with Gasteiger partial charge in [-0.15, -0.1) is 11.8 Å². The molecule has 0 radical (unpaired) electrons. The number of aromatic nitrogens is 2. The fraction of sp³-hybridized carbons (Fsp3) is 0.167. The Morgan fingerprint density at radius 3 is 2.79 bits per heavy atom. The summed E-state index contributed by atoms with van der Waals surface area (Å²) in [7, 11) is 1.79. The third kappa shape index (κ3) is 3.18. The van der Waals surface area contributed by atoms with Crippen molar-refractivity contribution in [2.24, 2.45) is 7.05 Å². The van der Waals surface area contributed by atoms with Crippen LogP contribution in [-0.4, -0.2) is 36.9 Å². The summed E-state index contributed by atoms with van der Waals surface area (Å²) < 4.78 is 6.90. The van der Waals surface area contributed by atoms with E-state index in [2.05, 4.69) is 5.10 Å². The van der Waals surface area contributed by atoms with E-state index >= 15 is 0 Å². The average Bonchev–Trinajstić information content (AvgIpc) is 3.28. The molecule has 0 unspecified atom stereocenters. The lowest BCUT2D eigenvalue weighted by atomic mass is 10.0. The molecule has 10 heteroatoms. The molecule has 0 N–H and O–H groups in total. The van der Waals surface area contributed by atoms with Crippen molar-refractivity contribution in [1.29, 1.82) is 0 Å². The number of hydrogen-bond donors (Lipinski definition) is 0. The average molecular weight is 398 g/mol. The monoisotopic (exact) mass is 398 g/mol. The Labute approximate surface area is 163 Å². The predicted octanol–water partition coefficient (Wildman–Crippen LogP) is 2.21. The minimum absolute atomic E-state index is 0.0353. The highest BCUT2D eigenvalue weighted by Crippen LogP contribution is 2.45. The summed E-state index contributed by atoms with van der Waals surface area (Å²) in [6, 6.07) is 5.74. The van der Waals surface area contributed by atoms with Crippen LogP contribution in [0.25, 0.3) is 6.08 Å². The molecular formula is C18H14N4O5S. The second-order valence-corrected chi connectivity index (χ2v) is 7.17. The minimum Gasteiger partial charge on any atom is -0.456 e. The number of nitrogens with zero attached hydrogens (tertiary/aromatic N) is 4. The number of carbonyl (C=O) groups is 2. The van der Waals surface area contributed by atoms with E-state index in [1.165, 1.54) is 40.9 Å². The molecule has 28 heavy (non-hydrogen) atoms. The number of thioether (sulfide) groups is 1. The number of amides is 1. The molecule has 1 aromatic carbocycles. The van der Waals surface area contributed by atoms with Gasteiger partial charge in [0.2, 0.25) is 0 Å². The molecule has 3 heterocycles. The van der Waals surface area contributed by atoms with Crippen LogP contribution in [-0.2, 0) is 28.0 Å². The maximum Gasteiger partial charge on any atom is 0.355 e. The summed E-state index contributed by atoms with van der Waals surface area (Å²) in [5.41, 5.74) is 2.21. The van der Waals surface area contributed by atoms with Crippen molar-refractivity contribution in [1.82, 2.24) is 14.7 Å². The zero-order valence-corrected chi connectivity index (χ0v) is 15.5. The molecule has 9 nitrogen and oxygen atoms in total. The van der Waals surface area contributed by atoms with E-state index in [1.54, 1.807) is 35.6 Å². The van der Waals surface area contributed by atoms with E-state index in [0.29, 0.717) is 11.1 Å². The first kappa shape index (κ1) is 18.0. The Kier molecular flexibility index (Phi) is 4.47. The van der Waals surface area contributed by atoms with Crippen molar-refractivity contribution in [2.75, 3.05) is 0 Å². The van der Waals surface area contributed by atoms with Crippen molar-refractivity contribution >= 4 is 35.4 Å². The van der Waals surface area contributed by atoms with Gasteiger partial charge in [-0.1, -0.05) is 0 Å². The molecule has 1 aromatic heterocycles. The molecule has 1 saturated heterocycles. The van der Waals surface area contributed by atoms with Crippen LogP contribution in [0.1, 0.15) is 11.1 Å². The van der Waals surface area contributed by atoms with Gasteiger partial charge in [-0.25, -0.2) is 4.79 Å². The Morgan fingerprint density at radius 1 is 1.39 bits per heavy atom. The Hall–Kier alpha value is -3.40. The standard InChI is InChI=1S/C18H14N4O5S/c1-20-8-12(7-19-20)6-14-16(23)21-15(10-28-17(14)21)18(24)27-9-11-2-4-13(5-3-11)22(25)26/h2-8,10,17H,9H2,1H3/t17-/m0/s1. The van der Waals surface area contributed by atoms with Gasteiger partial charge in [0.05, 0.1) is 16.7 Å². The van der Waals surface area contributed by atoms with Gasteiger partial charge in [0.15, 0.2) is 0 Å². The highest BCUT2D eigenvalue weighted by Gasteiger charge is 2.49. The summed E-state index contributed by atoms with van der Waals surface area (Å²) in [6.07, 6.45) is 5.23. The molecule has 2 aliphatic heterocycles. The molecule has 0 aliphatic carbocycles. The van der Waals surface area contributed by atoms with Gasteiger partial charge in [0.1, 0.15) is 17.7 Å². The number of non-ortho nitro benzene ring substituents is 1. The van der Waals surface area contributed by atoms with Crippen LogP contribution in [0.2, 0.25) is 0 Å². The van der Waals surface area contributed by atoms with E-state index in [9.17, 15) is 19.7 Å². The summed E-state index contributed by atoms with van der Waals surface area (Å²) >= 11 is 1.37. The summed E-state index contributed by atoms with van der Waals surface area (Å²) in [4.78, 5) is 36.4. The fourth-order valence-electron chi connectivity index (χ4n) is 2.89. The number of ether oxygens (including phenoxy) is 1. The van der Waals surface area contributed by atoms with Gasteiger partial charge in [0, 0.05) is 36.3 Å². The van der Waals surface area contributed by atoms with Gasteiger partial charge < -0.3 is 4.74 Å². The molecule has 0 spiro atoms. The van der Waals surface area contributed by atoms with Crippen LogP contribution in [0.5, 0.6) is 0 Å². The van der Waals surface area contributed by atoms with Crippen LogP contribution < -0.4 is 0 Å². The number of carbonyl (C=O) groups excluding carboxylic acids is 2. The number of nitro benzene ring substituents is 1. The summed E-state index contributed by atoms with van der Waals surface area (Å²) in [5, 5.41) is 16.1. The van der Waals surface area contributed by atoms with Crippen molar-refractivity contribution in [3.63, 3.8) is 0 Å². The van der Waals surface area contributed by atoms with Crippen molar-refractivity contribution < 1.29 is 19.2 Å². The lowest BCUT2D eigenvalue weighted by Crippen LogP contribution is -2.51. The summed E-state index contributed by atoms with van der Waals surface area (Å²) in [5.74, 6) is -0.848. The molecule has 1 amide bonds. The molecule has 0 bridgehead atoms. The second-order valence-electron chi connectivity index (χ2n) is 6.21. The van der Waals surface area contributed by atoms with Gasteiger partial charge in [-0.2, -0.15) is 5.10 Å². The van der Waals surface area contributed by atoms with Gasteiger partial charge >= 0.3 is 5.97 Å². The quantitative estimate of drug-likeness (QED) is 0.250. The van der Waals surface area contributed by atoms with Crippen molar-refractivity contribution in [3.05, 3.63) is 74.6 Å². The highest BCUT2D eigenvalue weighted by molar-refractivity contribution is 8.03. The Balaban J connectivity index is 1.38. The molecule has 2 aliphatic rings. The van der Waals surface area contributed by atoms with E-state index < -0.39 is 10.9 Å². The van der Waals surface area contributed by atoms with Crippen LogP contribution in [0, 0.1) is 10.1 Å². The normalized spacial score (nSPS) is 19.2. The van der Waals surface area contributed by atoms with Gasteiger partial charge in [0.25, 0.3) is 11.6 Å². The first-order chi connectivity index (χ1) is 13.4. The number of benzene rings is 1. The third-order valence-electron chi connectivity index (χ3n) is 4.31. The predicted molar refractivity (Wildman–Crippen MR) is 100 cm³/mol. The maximum absolute atomic E-state index is 12.4. The third-order valence-corrected chi connectivity index (χ3v) is 5.39. The molecule has 2 aromatic rings. The van der Waals surface area contributed by atoms with Gasteiger partial charge in [-0.3, -0.25) is 24.5 Å². The molecule has 1 fully saturated rings. The lowest BCUT2D eigenvalue weighted by molar-refractivity contribution is -0.384. The number of aryl methyl sites for hydroxylation is 1. The van der Waals surface area contributed by atoms with Crippen LogP contribution >= 0.6 is 11.8 Å². The Morgan fingerprint density at radius 2 is 2.14 bits per heavy atom. The zero-order valence-electron chi connectivity index (χ0n) is 14.6. The molecule has 4 rings (SSSR count). The molecule has 0 saturated carbocycles. The van der Waals surface area contributed by atoms with Crippen LogP contribution in [0.15, 0.2) is 53.3 Å². The summed E-state index contributed by atoms with van der Waals surface area (Å²) in [6.45, 7) is -0.0378. The maximum atomic E-state index is 12.4. The minimum atomic E-state index is -0.609. The van der Waals surface area contributed by atoms with Crippen molar-refractivity contribution in [2.45, 2.75) is 12.0 Å². The number of fused-ring (bicyclic) bond motifs is 1. The SMILES string of the molecule is Cn1cc(C=C2C(=O)N3C(C(=O)OCc4ccc([N+](=O)[O-])cc4)=CS[C@@H]23)cn1. The number of esters is 1.